The van der Waals surface area contributed by atoms with Crippen LogP contribution in [0.2, 0.25) is 0 Å². The van der Waals surface area contributed by atoms with Crippen molar-refractivity contribution in [2.45, 2.75) is 32.1 Å². The maximum Gasteiger partial charge on any atom is 0.312 e. The molecule has 1 unspecified atom stereocenters. The quantitative estimate of drug-likeness (QED) is 0.938. The Labute approximate surface area is 128 Å². The highest BCUT2D eigenvalue weighted by Gasteiger charge is 2.30. The van der Waals surface area contributed by atoms with E-state index in [1.54, 1.807) is 11.3 Å². The van der Waals surface area contributed by atoms with E-state index in [9.17, 15) is 9.90 Å². The Morgan fingerprint density at radius 1 is 1.48 bits per heavy atom. The van der Waals surface area contributed by atoms with Gasteiger partial charge in [0.05, 0.1) is 5.69 Å². The molecule has 0 radical (unpaired) electrons. The van der Waals surface area contributed by atoms with Crippen LogP contribution in [0.3, 0.4) is 0 Å². The first-order chi connectivity index (χ1) is 10.1. The van der Waals surface area contributed by atoms with E-state index in [0.717, 1.165) is 34.2 Å². The standard InChI is InChI=1S/C16H18N2O2S/c1-10-5-3-6-11(9-10)18(2)16-17-14-12(15(19)20)7-4-8-13(14)21-16/h3,5-6,9,12H,4,7-8H2,1-2H3,(H,19,20). The predicted octanol–water partition coefficient (Wildman–Crippen LogP) is 3.72. The number of carboxylic acid groups (broad SMARTS) is 1. The van der Waals surface area contributed by atoms with Gasteiger partial charge >= 0.3 is 5.97 Å². The van der Waals surface area contributed by atoms with Crippen LogP contribution >= 0.6 is 11.3 Å². The molecule has 1 aromatic heterocycles. The third-order valence-corrected chi connectivity index (χ3v) is 5.12. The Bertz CT molecular complexity index is 681. The van der Waals surface area contributed by atoms with Crippen LogP contribution in [0.4, 0.5) is 10.8 Å². The fourth-order valence-electron chi connectivity index (χ4n) is 2.74. The third-order valence-electron chi connectivity index (χ3n) is 3.92. The summed E-state index contributed by atoms with van der Waals surface area (Å²) < 4.78 is 0. The molecular weight excluding hydrogens is 284 g/mol. The van der Waals surface area contributed by atoms with E-state index < -0.39 is 11.9 Å². The molecule has 0 fully saturated rings. The Balaban J connectivity index is 1.95. The summed E-state index contributed by atoms with van der Waals surface area (Å²) in [6.07, 6.45) is 2.57. The highest BCUT2D eigenvalue weighted by Crippen LogP contribution is 2.39. The molecular formula is C16H18N2O2S. The minimum Gasteiger partial charge on any atom is -0.481 e. The number of fused-ring (bicyclic) bond motifs is 1. The fourth-order valence-corrected chi connectivity index (χ4v) is 3.88. The second kappa shape index (κ2) is 5.48. The van der Waals surface area contributed by atoms with E-state index in [2.05, 4.69) is 24.0 Å². The number of carboxylic acids is 1. The lowest BCUT2D eigenvalue weighted by Gasteiger charge is -2.17. The summed E-state index contributed by atoms with van der Waals surface area (Å²) in [6.45, 7) is 2.06. The smallest absolute Gasteiger partial charge is 0.312 e. The lowest BCUT2D eigenvalue weighted by molar-refractivity contribution is -0.139. The first kappa shape index (κ1) is 14.1. The van der Waals surface area contributed by atoms with E-state index in [1.807, 2.05) is 24.1 Å². The molecule has 4 nitrogen and oxygen atoms in total. The number of nitrogens with zero attached hydrogens (tertiary/aromatic N) is 2. The topological polar surface area (TPSA) is 53.4 Å². The van der Waals surface area contributed by atoms with Crippen molar-refractivity contribution >= 4 is 28.1 Å². The van der Waals surface area contributed by atoms with Crippen LogP contribution in [0.1, 0.15) is 34.9 Å². The molecule has 1 atom stereocenters. The van der Waals surface area contributed by atoms with Gasteiger partial charge < -0.3 is 10.0 Å². The number of carbonyl (C=O) groups is 1. The van der Waals surface area contributed by atoms with Gasteiger partial charge in [0.1, 0.15) is 5.92 Å². The van der Waals surface area contributed by atoms with Gasteiger partial charge in [0.15, 0.2) is 5.13 Å². The summed E-state index contributed by atoms with van der Waals surface area (Å²) in [4.78, 5) is 19.1. The lowest BCUT2D eigenvalue weighted by atomic mass is 9.91. The van der Waals surface area contributed by atoms with Crippen LogP contribution in [0.25, 0.3) is 0 Å². The first-order valence-electron chi connectivity index (χ1n) is 7.09. The molecule has 1 heterocycles. The number of anilines is 2. The Morgan fingerprint density at radius 3 is 3.00 bits per heavy atom. The van der Waals surface area contributed by atoms with Crippen molar-refractivity contribution in [3.8, 4) is 0 Å². The molecule has 1 N–H and O–H groups in total. The lowest BCUT2D eigenvalue weighted by Crippen LogP contribution is -2.17. The highest BCUT2D eigenvalue weighted by atomic mass is 32.1. The van der Waals surface area contributed by atoms with Crippen LogP contribution in [0.5, 0.6) is 0 Å². The molecule has 0 spiro atoms. The number of hydrogen-bond acceptors (Lipinski definition) is 4. The SMILES string of the molecule is Cc1cccc(N(C)c2nc3c(s2)CCCC3C(=O)O)c1. The van der Waals surface area contributed by atoms with Crippen LogP contribution in [0, 0.1) is 6.92 Å². The largest absolute Gasteiger partial charge is 0.481 e. The number of aryl methyl sites for hydroxylation is 2. The van der Waals surface area contributed by atoms with Gasteiger partial charge in [-0.1, -0.05) is 12.1 Å². The second-order valence-electron chi connectivity index (χ2n) is 5.49. The maximum absolute atomic E-state index is 11.4. The summed E-state index contributed by atoms with van der Waals surface area (Å²) >= 11 is 1.62. The second-order valence-corrected chi connectivity index (χ2v) is 6.55. The average Bonchev–Trinajstić information content (AvgIpc) is 2.89. The van der Waals surface area contributed by atoms with Gasteiger partial charge in [-0.05, 0) is 43.9 Å². The molecule has 5 heteroatoms. The minimum atomic E-state index is -0.758. The zero-order valence-corrected chi connectivity index (χ0v) is 13.0. The van der Waals surface area contributed by atoms with Crippen molar-refractivity contribution in [2.24, 2.45) is 0 Å². The van der Waals surface area contributed by atoms with E-state index in [1.165, 1.54) is 5.56 Å². The molecule has 0 amide bonds. The molecule has 110 valence electrons. The molecule has 3 rings (SSSR count). The summed E-state index contributed by atoms with van der Waals surface area (Å²) in [6, 6.07) is 8.23. The molecule has 0 aliphatic heterocycles. The molecule has 0 saturated heterocycles. The van der Waals surface area contributed by atoms with E-state index in [-0.39, 0.29) is 0 Å². The van der Waals surface area contributed by atoms with Crippen molar-refractivity contribution in [3.05, 3.63) is 40.4 Å². The number of aromatic nitrogens is 1. The number of aliphatic carboxylic acids is 1. The van der Waals surface area contributed by atoms with Crippen LogP contribution < -0.4 is 4.90 Å². The van der Waals surface area contributed by atoms with Gasteiger partial charge in [0.2, 0.25) is 0 Å². The molecule has 1 aliphatic rings. The third kappa shape index (κ3) is 2.65. The Kier molecular flexibility index (Phi) is 3.68. The van der Waals surface area contributed by atoms with Crippen LogP contribution in [-0.4, -0.2) is 23.1 Å². The number of thiazole rings is 1. The monoisotopic (exact) mass is 302 g/mol. The van der Waals surface area contributed by atoms with Crippen LogP contribution in [0.15, 0.2) is 24.3 Å². The normalized spacial score (nSPS) is 17.3. The highest BCUT2D eigenvalue weighted by molar-refractivity contribution is 7.15. The Morgan fingerprint density at radius 2 is 2.29 bits per heavy atom. The summed E-state index contributed by atoms with van der Waals surface area (Å²) in [5, 5.41) is 10.2. The number of hydrogen-bond donors (Lipinski definition) is 1. The molecule has 0 saturated carbocycles. The molecule has 1 aromatic carbocycles. The number of rotatable bonds is 3. The summed E-state index contributed by atoms with van der Waals surface area (Å²) in [5.74, 6) is -1.20. The van der Waals surface area contributed by atoms with E-state index >= 15 is 0 Å². The van der Waals surface area contributed by atoms with Gasteiger partial charge in [-0.15, -0.1) is 11.3 Å². The van der Waals surface area contributed by atoms with Gasteiger partial charge in [0.25, 0.3) is 0 Å². The van der Waals surface area contributed by atoms with Crippen molar-refractivity contribution in [2.75, 3.05) is 11.9 Å². The van der Waals surface area contributed by atoms with Crippen molar-refractivity contribution < 1.29 is 9.90 Å². The fraction of sp³-hybridized carbons (Fsp3) is 0.375. The van der Waals surface area contributed by atoms with Crippen LogP contribution in [-0.2, 0) is 11.2 Å². The molecule has 0 bridgehead atoms. The molecule has 21 heavy (non-hydrogen) atoms. The van der Waals surface area contributed by atoms with Gasteiger partial charge in [-0.3, -0.25) is 4.79 Å². The predicted molar refractivity (Wildman–Crippen MR) is 84.7 cm³/mol. The summed E-state index contributed by atoms with van der Waals surface area (Å²) in [7, 11) is 1.98. The van der Waals surface area contributed by atoms with E-state index in [0.29, 0.717) is 6.42 Å². The van der Waals surface area contributed by atoms with Crippen molar-refractivity contribution in [1.82, 2.24) is 4.98 Å². The van der Waals surface area contributed by atoms with Gasteiger partial charge in [-0.2, -0.15) is 0 Å². The van der Waals surface area contributed by atoms with E-state index in [4.69, 9.17) is 0 Å². The average molecular weight is 302 g/mol. The van der Waals surface area contributed by atoms with Gasteiger partial charge in [-0.25, -0.2) is 4.98 Å². The van der Waals surface area contributed by atoms with Crippen molar-refractivity contribution in [3.63, 3.8) is 0 Å². The Hall–Kier alpha value is -1.88. The first-order valence-corrected chi connectivity index (χ1v) is 7.90. The zero-order chi connectivity index (χ0) is 15.0. The summed E-state index contributed by atoms with van der Waals surface area (Å²) in [5.41, 5.74) is 3.05. The minimum absolute atomic E-state index is 0.440. The zero-order valence-electron chi connectivity index (χ0n) is 12.2. The molecule has 1 aliphatic carbocycles. The van der Waals surface area contributed by atoms with Crippen molar-refractivity contribution in [1.29, 1.82) is 0 Å². The molecule has 2 aromatic rings. The van der Waals surface area contributed by atoms with Gasteiger partial charge in [0, 0.05) is 17.6 Å². The number of benzene rings is 1. The maximum atomic E-state index is 11.4.